The Labute approximate surface area is 161 Å². The van der Waals surface area contributed by atoms with Crippen molar-refractivity contribution in [1.29, 1.82) is 0 Å². The van der Waals surface area contributed by atoms with Crippen LogP contribution in [0.2, 0.25) is 5.02 Å². The summed E-state index contributed by atoms with van der Waals surface area (Å²) in [5, 5.41) is 4.15. The number of nitrogens with zero attached hydrogens (tertiary/aromatic N) is 1. The zero-order valence-electron chi connectivity index (χ0n) is 13.6. The van der Waals surface area contributed by atoms with E-state index in [1.165, 1.54) is 0 Å². The van der Waals surface area contributed by atoms with Crippen LogP contribution in [0, 0.1) is 0 Å². The lowest BCUT2D eigenvalue weighted by Gasteiger charge is -2.13. The number of aromatic nitrogens is 1. The van der Waals surface area contributed by atoms with Gasteiger partial charge in [0.1, 0.15) is 12.4 Å². The van der Waals surface area contributed by atoms with Gasteiger partial charge in [-0.05, 0) is 47.5 Å². The van der Waals surface area contributed by atoms with Crippen LogP contribution in [0.3, 0.4) is 0 Å². The Bertz CT molecular complexity index is 827. The van der Waals surface area contributed by atoms with Gasteiger partial charge in [0.2, 0.25) is 0 Å². The van der Waals surface area contributed by atoms with Crippen molar-refractivity contribution < 1.29 is 4.74 Å². The molecule has 3 aromatic rings. The van der Waals surface area contributed by atoms with Crippen molar-refractivity contribution in [2.24, 2.45) is 0 Å². The highest BCUT2D eigenvalue weighted by Gasteiger charge is 2.06. The summed E-state index contributed by atoms with van der Waals surface area (Å²) in [6.07, 6.45) is 3.64. The fourth-order valence-corrected chi connectivity index (χ4v) is 3.08. The van der Waals surface area contributed by atoms with E-state index in [0.29, 0.717) is 13.2 Å². The van der Waals surface area contributed by atoms with Crippen LogP contribution in [-0.2, 0) is 19.7 Å². The molecule has 25 heavy (non-hydrogen) atoms. The van der Waals surface area contributed by atoms with E-state index in [1.54, 1.807) is 6.20 Å². The predicted molar refractivity (Wildman–Crippen MR) is 105 cm³/mol. The molecule has 1 N–H and O–H groups in total. The fraction of sp³-hybridized carbons (Fsp3) is 0.150. The van der Waals surface area contributed by atoms with Gasteiger partial charge in [-0.3, -0.25) is 4.98 Å². The van der Waals surface area contributed by atoms with Crippen molar-refractivity contribution in [2.45, 2.75) is 19.7 Å². The van der Waals surface area contributed by atoms with Gasteiger partial charge in [0.05, 0.1) is 0 Å². The topological polar surface area (TPSA) is 34.1 Å². The maximum Gasteiger partial charge on any atom is 0.124 e. The Morgan fingerprint density at radius 2 is 1.88 bits per heavy atom. The Morgan fingerprint density at radius 3 is 2.68 bits per heavy atom. The zero-order valence-corrected chi connectivity index (χ0v) is 15.9. The van der Waals surface area contributed by atoms with Gasteiger partial charge in [0.15, 0.2) is 0 Å². The maximum atomic E-state index is 6.03. The van der Waals surface area contributed by atoms with Crippen LogP contribution in [0.1, 0.15) is 16.7 Å². The van der Waals surface area contributed by atoms with E-state index in [2.05, 4.69) is 38.4 Å². The average Bonchev–Trinajstić information content (AvgIpc) is 2.62. The quantitative estimate of drug-likeness (QED) is 0.561. The molecule has 0 aliphatic carbocycles. The number of benzene rings is 2. The largest absolute Gasteiger partial charge is 0.489 e. The van der Waals surface area contributed by atoms with E-state index in [0.717, 1.165) is 38.5 Å². The first-order chi connectivity index (χ1) is 12.2. The number of rotatable bonds is 7. The average molecular weight is 418 g/mol. The molecule has 2 aromatic carbocycles. The van der Waals surface area contributed by atoms with E-state index >= 15 is 0 Å². The normalized spacial score (nSPS) is 10.6. The number of pyridine rings is 1. The minimum Gasteiger partial charge on any atom is -0.489 e. The second-order valence-corrected chi connectivity index (χ2v) is 6.99. The van der Waals surface area contributed by atoms with Gasteiger partial charge in [-0.25, -0.2) is 0 Å². The Hall–Kier alpha value is -1.88. The summed E-state index contributed by atoms with van der Waals surface area (Å²) < 4.78 is 7.03. The Balaban J connectivity index is 1.63. The maximum absolute atomic E-state index is 6.03. The highest BCUT2D eigenvalue weighted by molar-refractivity contribution is 9.10. The van der Waals surface area contributed by atoms with Crippen LogP contribution in [-0.4, -0.2) is 4.98 Å². The molecule has 0 unspecified atom stereocenters. The second kappa shape index (κ2) is 8.99. The SMILES string of the molecule is Clc1cccc(COc2ccc(Br)cc2CNCc2cccnc2)c1. The number of halogens is 2. The van der Waals surface area contributed by atoms with Crippen LogP contribution in [0.15, 0.2) is 71.5 Å². The Morgan fingerprint density at radius 1 is 1.00 bits per heavy atom. The minimum absolute atomic E-state index is 0.484. The van der Waals surface area contributed by atoms with Crippen molar-refractivity contribution in [1.82, 2.24) is 10.3 Å². The standard InChI is InChI=1S/C20H18BrClN2O/c21-18-6-7-20(25-14-15-3-1-5-19(22)9-15)17(10-18)13-24-12-16-4-2-8-23-11-16/h1-11,24H,12-14H2. The molecule has 3 nitrogen and oxygen atoms in total. The van der Waals surface area contributed by atoms with Crippen molar-refractivity contribution >= 4 is 27.5 Å². The molecule has 0 fully saturated rings. The molecule has 0 spiro atoms. The molecule has 128 valence electrons. The number of hydrogen-bond donors (Lipinski definition) is 1. The third kappa shape index (κ3) is 5.56. The van der Waals surface area contributed by atoms with Crippen LogP contribution in [0.5, 0.6) is 5.75 Å². The lowest BCUT2D eigenvalue weighted by atomic mass is 10.2. The van der Waals surface area contributed by atoms with Crippen molar-refractivity contribution in [3.8, 4) is 5.75 Å². The summed E-state index contributed by atoms with van der Waals surface area (Å²) in [6.45, 7) is 1.95. The number of nitrogens with one attached hydrogen (secondary N) is 1. The molecule has 0 amide bonds. The summed E-state index contributed by atoms with van der Waals surface area (Å²) in [4.78, 5) is 4.13. The molecule has 1 aromatic heterocycles. The fourth-order valence-electron chi connectivity index (χ4n) is 2.46. The monoisotopic (exact) mass is 416 g/mol. The first kappa shape index (κ1) is 17.9. The van der Waals surface area contributed by atoms with Crippen LogP contribution >= 0.6 is 27.5 Å². The predicted octanol–water partition coefficient (Wildman–Crippen LogP) is 5.37. The van der Waals surface area contributed by atoms with E-state index < -0.39 is 0 Å². The van der Waals surface area contributed by atoms with Crippen LogP contribution in [0.4, 0.5) is 0 Å². The van der Waals surface area contributed by atoms with Gasteiger partial charge in [-0.15, -0.1) is 0 Å². The molecular weight excluding hydrogens is 400 g/mol. The molecule has 5 heteroatoms. The number of ether oxygens (including phenoxy) is 1. The molecule has 3 rings (SSSR count). The zero-order chi connectivity index (χ0) is 17.5. The molecule has 0 radical (unpaired) electrons. The lowest BCUT2D eigenvalue weighted by Crippen LogP contribution is -2.13. The summed E-state index contributed by atoms with van der Waals surface area (Å²) in [7, 11) is 0. The van der Waals surface area contributed by atoms with E-state index in [1.807, 2.05) is 48.7 Å². The minimum atomic E-state index is 0.484. The molecule has 0 atom stereocenters. The molecule has 0 saturated heterocycles. The van der Waals surface area contributed by atoms with E-state index in [9.17, 15) is 0 Å². The Kier molecular flexibility index (Phi) is 6.45. The second-order valence-electron chi connectivity index (χ2n) is 5.64. The van der Waals surface area contributed by atoms with Gasteiger partial charge in [-0.2, -0.15) is 0 Å². The van der Waals surface area contributed by atoms with Gasteiger partial charge >= 0.3 is 0 Å². The first-order valence-corrected chi connectivity index (χ1v) is 9.13. The van der Waals surface area contributed by atoms with Gasteiger partial charge in [0.25, 0.3) is 0 Å². The summed E-state index contributed by atoms with van der Waals surface area (Å²) in [5.74, 6) is 0.863. The smallest absolute Gasteiger partial charge is 0.124 e. The van der Waals surface area contributed by atoms with E-state index in [-0.39, 0.29) is 0 Å². The highest BCUT2D eigenvalue weighted by Crippen LogP contribution is 2.24. The first-order valence-electron chi connectivity index (χ1n) is 7.96. The highest BCUT2D eigenvalue weighted by atomic mass is 79.9. The van der Waals surface area contributed by atoms with Crippen molar-refractivity contribution in [2.75, 3.05) is 0 Å². The summed E-state index contributed by atoms with van der Waals surface area (Å²) in [5.41, 5.74) is 3.30. The van der Waals surface area contributed by atoms with Crippen LogP contribution < -0.4 is 10.1 Å². The van der Waals surface area contributed by atoms with Gasteiger partial charge in [0, 0.05) is 40.5 Å². The third-order valence-electron chi connectivity index (χ3n) is 3.67. The molecule has 0 aliphatic heterocycles. The van der Waals surface area contributed by atoms with Gasteiger partial charge < -0.3 is 10.1 Å². The molecular formula is C20H18BrClN2O. The van der Waals surface area contributed by atoms with Crippen LogP contribution in [0.25, 0.3) is 0 Å². The molecule has 0 bridgehead atoms. The summed E-state index contributed by atoms with van der Waals surface area (Å²) in [6, 6.07) is 17.7. The summed E-state index contributed by atoms with van der Waals surface area (Å²) >= 11 is 9.56. The molecule has 0 aliphatic rings. The van der Waals surface area contributed by atoms with Gasteiger partial charge in [-0.1, -0.05) is 45.7 Å². The lowest BCUT2D eigenvalue weighted by molar-refractivity contribution is 0.302. The molecule has 1 heterocycles. The number of hydrogen-bond acceptors (Lipinski definition) is 3. The van der Waals surface area contributed by atoms with Crippen molar-refractivity contribution in [3.63, 3.8) is 0 Å². The van der Waals surface area contributed by atoms with Crippen molar-refractivity contribution in [3.05, 3.63) is 93.2 Å². The molecule has 0 saturated carbocycles. The third-order valence-corrected chi connectivity index (χ3v) is 4.40. The van der Waals surface area contributed by atoms with E-state index in [4.69, 9.17) is 16.3 Å².